The summed E-state index contributed by atoms with van der Waals surface area (Å²) in [6, 6.07) is 2.15. The van der Waals surface area contributed by atoms with E-state index in [-0.39, 0.29) is 11.6 Å². The van der Waals surface area contributed by atoms with Gasteiger partial charge in [0, 0.05) is 16.3 Å². The molecule has 9 heteroatoms. The van der Waals surface area contributed by atoms with E-state index in [1.165, 1.54) is 12.3 Å². The first-order valence-corrected chi connectivity index (χ1v) is 13.4. The van der Waals surface area contributed by atoms with Crippen molar-refractivity contribution >= 4 is 42.7 Å². The molecule has 5 nitrogen and oxygen atoms in total. The number of ketones is 1. The first kappa shape index (κ1) is 25.7. The van der Waals surface area contributed by atoms with Gasteiger partial charge in [0.05, 0.1) is 12.2 Å². The SMILES string of the molecule is CCOC(=O)C(=CNCCCC(C)(C)[Si](C)(C)O)C(=O)c1cc(I)cc(F)c1F. The molecule has 2 N–H and O–H groups in total. The fraction of sp³-hybridized carbons (Fsp3) is 0.500. The topological polar surface area (TPSA) is 75.6 Å². The van der Waals surface area contributed by atoms with Gasteiger partial charge < -0.3 is 14.8 Å². The molecule has 0 bridgehead atoms. The van der Waals surface area contributed by atoms with Crippen molar-refractivity contribution < 1.29 is 27.9 Å². The minimum absolute atomic E-state index is 0.0387. The maximum Gasteiger partial charge on any atom is 0.343 e. The van der Waals surface area contributed by atoms with E-state index in [1.54, 1.807) is 29.5 Å². The second-order valence-electron chi connectivity index (χ2n) is 7.86. The number of nitrogens with one attached hydrogen (secondary N) is 1. The highest BCUT2D eigenvalue weighted by atomic mass is 127. The normalized spacial score (nSPS) is 12.7. The zero-order chi connectivity index (χ0) is 22.4. The molecule has 0 saturated heterocycles. The van der Waals surface area contributed by atoms with Gasteiger partial charge in [0.15, 0.2) is 20.0 Å². The molecule has 29 heavy (non-hydrogen) atoms. The van der Waals surface area contributed by atoms with Crippen molar-refractivity contribution in [1.29, 1.82) is 0 Å². The Balaban J connectivity index is 2.97. The van der Waals surface area contributed by atoms with Crippen LogP contribution in [0.1, 0.15) is 44.0 Å². The molecule has 0 aliphatic heterocycles. The summed E-state index contributed by atoms with van der Waals surface area (Å²) in [5, 5.41) is 2.69. The minimum atomic E-state index is -2.32. The largest absolute Gasteiger partial charge is 0.462 e. The molecule has 162 valence electrons. The number of benzene rings is 1. The average molecular weight is 539 g/mol. The van der Waals surface area contributed by atoms with Crippen LogP contribution >= 0.6 is 22.6 Å². The second kappa shape index (κ2) is 10.6. The summed E-state index contributed by atoms with van der Waals surface area (Å²) in [5.74, 6) is -4.32. The Labute approximate surface area is 185 Å². The van der Waals surface area contributed by atoms with Gasteiger partial charge in [-0.25, -0.2) is 13.6 Å². The lowest BCUT2D eigenvalue weighted by Gasteiger charge is -2.35. The molecule has 0 atom stereocenters. The number of hydrogen-bond acceptors (Lipinski definition) is 5. The summed E-state index contributed by atoms with van der Waals surface area (Å²) in [6.45, 7) is 9.85. The Kier molecular flexibility index (Phi) is 9.42. The van der Waals surface area contributed by atoms with Gasteiger partial charge in [-0.05, 0) is 72.6 Å². The standard InChI is InChI=1S/C20H28F2INO4Si/c1-6-28-19(26)15(12-24-9-7-8-20(2,3)29(4,5)27)18(25)14-10-13(23)11-16(21)17(14)22/h10-12,24,27H,6-9H2,1-5H3. The van der Waals surface area contributed by atoms with E-state index >= 15 is 0 Å². The summed E-state index contributed by atoms with van der Waals surface area (Å²) >= 11 is 1.76. The summed E-state index contributed by atoms with van der Waals surface area (Å²) in [7, 11) is -2.32. The first-order valence-electron chi connectivity index (χ1n) is 9.34. The Bertz CT molecular complexity index is 791. The minimum Gasteiger partial charge on any atom is -0.462 e. The highest BCUT2D eigenvalue weighted by Crippen LogP contribution is 2.39. The maximum absolute atomic E-state index is 14.1. The maximum atomic E-state index is 14.1. The molecule has 0 fully saturated rings. The quantitative estimate of drug-likeness (QED) is 0.0526. The van der Waals surface area contributed by atoms with Crippen LogP contribution in [0.4, 0.5) is 8.78 Å². The predicted molar refractivity (Wildman–Crippen MR) is 119 cm³/mol. The van der Waals surface area contributed by atoms with Gasteiger partial charge >= 0.3 is 5.97 Å². The van der Waals surface area contributed by atoms with Gasteiger partial charge in [-0.2, -0.15) is 0 Å². The van der Waals surface area contributed by atoms with Crippen molar-refractivity contribution in [2.75, 3.05) is 13.2 Å². The van der Waals surface area contributed by atoms with Gasteiger partial charge in [-0.3, -0.25) is 4.79 Å². The van der Waals surface area contributed by atoms with E-state index in [4.69, 9.17) is 4.74 Å². The highest BCUT2D eigenvalue weighted by molar-refractivity contribution is 14.1. The number of Topliss-reactive ketones (excluding diaryl/α,β-unsaturated/α-hetero) is 1. The molecule has 0 heterocycles. The molecule has 0 unspecified atom stereocenters. The molecule has 0 aliphatic carbocycles. The highest BCUT2D eigenvalue weighted by Gasteiger charge is 2.37. The number of carbonyl (C=O) groups excluding carboxylic acids is 2. The Morgan fingerprint density at radius 3 is 2.48 bits per heavy atom. The molecule has 1 aromatic rings. The molecular formula is C20H28F2INO4Si. The van der Waals surface area contributed by atoms with Crippen molar-refractivity contribution in [2.24, 2.45) is 0 Å². The summed E-state index contributed by atoms with van der Waals surface area (Å²) < 4.78 is 33.0. The van der Waals surface area contributed by atoms with Crippen LogP contribution in [0, 0.1) is 15.2 Å². The molecule has 0 amide bonds. The number of halogens is 3. The fourth-order valence-electron chi connectivity index (χ4n) is 2.40. The third kappa shape index (κ3) is 7.14. The molecule has 1 aromatic carbocycles. The van der Waals surface area contributed by atoms with Crippen LogP contribution < -0.4 is 5.32 Å². The van der Waals surface area contributed by atoms with Crippen LogP contribution in [-0.2, 0) is 9.53 Å². The lowest BCUT2D eigenvalue weighted by Crippen LogP contribution is -2.39. The Morgan fingerprint density at radius 1 is 1.31 bits per heavy atom. The van der Waals surface area contributed by atoms with Crippen molar-refractivity contribution in [3.8, 4) is 0 Å². The third-order valence-corrected chi connectivity index (χ3v) is 9.19. The van der Waals surface area contributed by atoms with E-state index in [0.29, 0.717) is 16.5 Å². The van der Waals surface area contributed by atoms with Gasteiger partial charge in [-0.1, -0.05) is 13.8 Å². The monoisotopic (exact) mass is 539 g/mol. The van der Waals surface area contributed by atoms with Crippen molar-refractivity contribution in [3.63, 3.8) is 0 Å². The Hall–Kier alpha value is -1.33. The fourth-order valence-corrected chi connectivity index (χ4v) is 3.78. The van der Waals surface area contributed by atoms with Gasteiger partial charge in [0.25, 0.3) is 0 Å². The smallest absolute Gasteiger partial charge is 0.343 e. The molecule has 0 saturated carbocycles. The number of rotatable bonds is 10. The second-order valence-corrected chi connectivity index (χ2v) is 13.6. The third-order valence-electron chi connectivity index (χ3n) is 5.00. The lowest BCUT2D eigenvalue weighted by atomic mass is 10.0. The summed E-state index contributed by atoms with van der Waals surface area (Å²) in [4.78, 5) is 35.2. The van der Waals surface area contributed by atoms with Crippen molar-refractivity contribution in [1.82, 2.24) is 5.32 Å². The van der Waals surface area contributed by atoms with Crippen LogP contribution in [0.5, 0.6) is 0 Å². The van der Waals surface area contributed by atoms with E-state index in [9.17, 15) is 23.2 Å². The molecule has 0 aromatic heterocycles. The van der Waals surface area contributed by atoms with Gasteiger partial charge in [-0.15, -0.1) is 0 Å². The van der Waals surface area contributed by atoms with Crippen LogP contribution in [0.2, 0.25) is 18.1 Å². The van der Waals surface area contributed by atoms with E-state index in [0.717, 1.165) is 12.5 Å². The number of hydrogen-bond donors (Lipinski definition) is 2. The van der Waals surface area contributed by atoms with E-state index < -0.39 is 42.8 Å². The van der Waals surface area contributed by atoms with Crippen molar-refractivity contribution in [3.05, 3.63) is 44.7 Å². The number of esters is 1. The summed E-state index contributed by atoms with van der Waals surface area (Å²) in [5.41, 5.74) is -0.923. The number of carbonyl (C=O) groups is 2. The van der Waals surface area contributed by atoms with Crippen LogP contribution in [0.15, 0.2) is 23.9 Å². The van der Waals surface area contributed by atoms with E-state index in [1.807, 2.05) is 26.9 Å². The zero-order valence-electron chi connectivity index (χ0n) is 17.4. The number of ether oxygens (including phenoxy) is 1. The first-order chi connectivity index (χ1) is 13.3. The molecular weight excluding hydrogens is 511 g/mol. The Morgan fingerprint density at radius 2 is 1.93 bits per heavy atom. The van der Waals surface area contributed by atoms with Crippen LogP contribution in [0.3, 0.4) is 0 Å². The lowest BCUT2D eigenvalue weighted by molar-refractivity contribution is -0.138. The summed E-state index contributed by atoms with van der Waals surface area (Å²) in [6.07, 6.45) is 2.63. The van der Waals surface area contributed by atoms with Crippen molar-refractivity contribution in [2.45, 2.75) is 51.7 Å². The zero-order valence-corrected chi connectivity index (χ0v) is 20.5. The molecule has 0 radical (unpaired) electrons. The molecule has 0 aliphatic rings. The van der Waals surface area contributed by atoms with Gasteiger partial charge in [0.1, 0.15) is 5.57 Å². The van der Waals surface area contributed by atoms with Crippen LogP contribution in [-0.4, -0.2) is 38.0 Å². The predicted octanol–water partition coefficient (Wildman–Crippen LogP) is 4.55. The van der Waals surface area contributed by atoms with E-state index in [2.05, 4.69) is 5.32 Å². The molecule has 0 spiro atoms. The molecule has 1 rings (SSSR count). The van der Waals surface area contributed by atoms with Gasteiger partial charge in [0.2, 0.25) is 5.78 Å². The average Bonchev–Trinajstić information content (AvgIpc) is 2.59. The van der Waals surface area contributed by atoms with Crippen LogP contribution in [0.25, 0.3) is 0 Å².